The van der Waals surface area contributed by atoms with E-state index < -0.39 is 10.0 Å². The molecular formula is C10H22N2O2S. The predicted octanol–water partition coefficient (Wildman–Crippen LogP) is 0.658. The highest BCUT2D eigenvalue weighted by Gasteiger charge is 2.29. The van der Waals surface area contributed by atoms with E-state index in [0.29, 0.717) is 19.0 Å². The fourth-order valence-electron chi connectivity index (χ4n) is 1.54. The van der Waals surface area contributed by atoms with Crippen LogP contribution in [-0.4, -0.2) is 45.2 Å². The number of hydrogen-bond acceptors (Lipinski definition) is 3. The van der Waals surface area contributed by atoms with Crippen LogP contribution in [0.3, 0.4) is 0 Å². The van der Waals surface area contributed by atoms with E-state index in [1.165, 1.54) is 12.8 Å². The Bertz CT molecular complexity index is 273. The summed E-state index contributed by atoms with van der Waals surface area (Å²) in [6.45, 7) is 3.96. The molecule has 1 rings (SSSR count). The molecule has 0 aromatic rings. The van der Waals surface area contributed by atoms with Crippen molar-refractivity contribution in [3.05, 3.63) is 0 Å². The van der Waals surface area contributed by atoms with Crippen LogP contribution in [0.1, 0.15) is 26.2 Å². The molecule has 1 fully saturated rings. The normalized spacial score (nSPS) is 17.3. The molecule has 90 valence electrons. The van der Waals surface area contributed by atoms with Gasteiger partial charge in [0, 0.05) is 19.6 Å². The van der Waals surface area contributed by atoms with Gasteiger partial charge in [-0.15, -0.1) is 0 Å². The number of rotatable bonds is 8. The van der Waals surface area contributed by atoms with Gasteiger partial charge >= 0.3 is 0 Å². The van der Waals surface area contributed by atoms with Gasteiger partial charge in [0.2, 0.25) is 10.0 Å². The van der Waals surface area contributed by atoms with Crippen molar-refractivity contribution < 1.29 is 8.42 Å². The minimum absolute atomic E-state index is 0.218. The van der Waals surface area contributed by atoms with Gasteiger partial charge in [0.05, 0.1) is 5.75 Å². The summed E-state index contributed by atoms with van der Waals surface area (Å²) in [7, 11) is -1.25. The van der Waals surface area contributed by atoms with Crippen LogP contribution in [0.4, 0.5) is 0 Å². The van der Waals surface area contributed by atoms with Crippen molar-refractivity contribution in [2.75, 3.05) is 32.4 Å². The third-order valence-electron chi connectivity index (χ3n) is 2.64. The summed E-state index contributed by atoms with van der Waals surface area (Å²) in [4.78, 5) is 0. The van der Waals surface area contributed by atoms with Gasteiger partial charge in [-0.05, 0) is 32.2 Å². The molecule has 0 atom stereocenters. The lowest BCUT2D eigenvalue weighted by atomic mass is 10.4. The summed E-state index contributed by atoms with van der Waals surface area (Å²) in [5, 5.41) is 2.88. The molecule has 5 heteroatoms. The van der Waals surface area contributed by atoms with E-state index in [-0.39, 0.29) is 5.75 Å². The van der Waals surface area contributed by atoms with Gasteiger partial charge in [0.25, 0.3) is 0 Å². The summed E-state index contributed by atoms with van der Waals surface area (Å²) in [6.07, 6.45) is 3.29. The lowest BCUT2D eigenvalue weighted by Crippen LogP contribution is -2.37. The SMILES string of the molecule is CCCN(CC1CC1)S(=O)(=O)CCNC. The molecule has 15 heavy (non-hydrogen) atoms. The zero-order chi connectivity index (χ0) is 11.3. The molecule has 0 amide bonds. The van der Waals surface area contributed by atoms with E-state index in [9.17, 15) is 8.42 Å². The fraction of sp³-hybridized carbons (Fsp3) is 1.00. The summed E-state index contributed by atoms with van der Waals surface area (Å²) >= 11 is 0. The largest absolute Gasteiger partial charge is 0.319 e. The molecule has 4 nitrogen and oxygen atoms in total. The van der Waals surface area contributed by atoms with Crippen molar-refractivity contribution >= 4 is 10.0 Å². The molecule has 0 heterocycles. The van der Waals surface area contributed by atoms with Crippen molar-refractivity contribution in [1.82, 2.24) is 9.62 Å². The molecule has 0 spiro atoms. The Morgan fingerprint density at radius 2 is 2.07 bits per heavy atom. The molecule has 0 bridgehead atoms. The van der Waals surface area contributed by atoms with Gasteiger partial charge < -0.3 is 5.32 Å². The number of hydrogen-bond donors (Lipinski definition) is 1. The molecule has 1 saturated carbocycles. The Morgan fingerprint density at radius 3 is 2.53 bits per heavy atom. The second-order valence-corrected chi connectivity index (χ2v) is 6.31. The Labute approximate surface area is 93.1 Å². The zero-order valence-corrected chi connectivity index (χ0v) is 10.5. The van der Waals surface area contributed by atoms with Crippen LogP contribution >= 0.6 is 0 Å². The van der Waals surface area contributed by atoms with Gasteiger partial charge in [-0.2, -0.15) is 0 Å². The maximum atomic E-state index is 11.9. The molecule has 1 N–H and O–H groups in total. The maximum Gasteiger partial charge on any atom is 0.215 e. The molecule has 0 aromatic carbocycles. The van der Waals surface area contributed by atoms with Crippen molar-refractivity contribution in [3.8, 4) is 0 Å². The van der Waals surface area contributed by atoms with Crippen molar-refractivity contribution in [1.29, 1.82) is 0 Å². The third kappa shape index (κ3) is 4.49. The quantitative estimate of drug-likeness (QED) is 0.671. The van der Waals surface area contributed by atoms with Crippen LogP contribution in [0, 0.1) is 5.92 Å². The van der Waals surface area contributed by atoms with Gasteiger partial charge in [-0.1, -0.05) is 6.92 Å². The summed E-state index contributed by atoms with van der Waals surface area (Å²) in [5.74, 6) is 0.844. The van der Waals surface area contributed by atoms with Crippen LogP contribution in [0.2, 0.25) is 0 Å². The van der Waals surface area contributed by atoms with Crippen LogP contribution in [-0.2, 0) is 10.0 Å². The highest BCUT2D eigenvalue weighted by Crippen LogP contribution is 2.30. The van der Waals surface area contributed by atoms with Crippen LogP contribution in [0.25, 0.3) is 0 Å². The van der Waals surface area contributed by atoms with Crippen molar-refractivity contribution in [2.45, 2.75) is 26.2 Å². The Hall–Kier alpha value is -0.130. The standard InChI is InChI=1S/C10H22N2O2S/c1-3-7-12(9-10-4-5-10)15(13,14)8-6-11-2/h10-11H,3-9H2,1-2H3. The smallest absolute Gasteiger partial charge is 0.215 e. The fourth-order valence-corrected chi connectivity index (χ4v) is 3.16. The van der Waals surface area contributed by atoms with Crippen molar-refractivity contribution in [3.63, 3.8) is 0 Å². The molecular weight excluding hydrogens is 212 g/mol. The summed E-state index contributed by atoms with van der Waals surface area (Å²) in [5.41, 5.74) is 0. The Balaban J connectivity index is 2.50. The molecule has 1 aliphatic carbocycles. The van der Waals surface area contributed by atoms with E-state index in [2.05, 4.69) is 5.32 Å². The number of sulfonamides is 1. The van der Waals surface area contributed by atoms with E-state index >= 15 is 0 Å². The second-order valence-electron chi connectivity index (χ2n) is 4.22. The highest BCUT2D eigenvalue weighted by atomic mass is 32.2. The first-order chi connectivity index (χ1) is 7.10. The van der Waals surface area contributed by atoms with Crippen molar-refractivity contribution in [2.24, 2.45) is 5.92 Å². The van der Waals surface area contributed by atoms with E-state index in [4.69, 9.17) is 0 Å². The second kappa shape index (κ2) is 5.82. The zero-order valence-electron chi connectivity index (χ0n) is 9.70. The molecule has 0 aliphatic heterocycles. The third-order valence-corrected chi connectivity index (χ3v) is 4.47. The minimum Gasteiger partial charge on any atom is -0.319 e. The lowest BCUT2D eigenvalue weighted by molar-refractivity contribution is 0.395. The molecule has 1 aliphatic rings. The first kappa shape index (κ1) is 12.9. The van der Waals surface area contributed by atoms with Gasteiger partial charge in [0.1, 0.15) is 0 Å². The number of nitrogens with zero attached hydrogens (tertiary/aromatic N) is 1. The predicted molar refractivity (Wildman–Crippen MR) is 62.3 cm³/mol. The molecule has 0 radical (unpaired) electrons. The average Bonchev–Trinajstić information content (AvgIpc) is 2.98. The van der Waals surface area contributed by atoms with Crippen LogP contribution in [0.15, 0.2) is 0 Å². The Morgan fingerprint density at radius 1 is 1.40 bits per heavy atom. The lowest BCUT2D eigenvalue weighted by Gasteiger charge is -2.21. The van der Waals surface area contributed by atoms with Gasteiger partial charge in [0.15, 0.2) is 0 Å². The minimum atomic E-state index is -3.03. The molecule has 0 saturated heterocycles. The average molecular weight is 234 g/mol. The molecule has 0 aromatic heterocycles. The van der Waals surface area contributed by atoms with Crippen LogP contribution in [0.5, 0.6) is 0 Å². The summed E-state index contributed by atoms with van der Waals surface area (Å²) < 4.78 is 25.5. The topological polar surface area (TPSA) is 49.4 Å². The monoisotopic (exact) mass is 234 g/mol. The van der Waals surface area contributed by atoms with Crippen LogP contribution < -0.4 is 5.32 Å². The van der Waals surface area contributed by atoms with Gasteiger partial charge in [-0.25, -0.2) is 12.7 Å². The maximum absolute atomic E-state index is 11.9. The van der Waals surface area contributed by atoms with E-state index in [1.54, 1.807) is 11.4 Å². The summed E-state index contributed by atoms with van der Waals surface area (Å²) in [6, 6.07) is 0. The Kier molecular flexibility index (Phi) is 5.02. The number of nitrogens with one attached hydrogen (secondary N) is 1. The van der Waals surface area contributed by atoms with E-state index in [1.807, 2.05) is 6.92 Å². The highest BCUT2D eigenvalue weighted by molar-refractivity contribution is 7.89. The first-order valence-electron chi connectivity index (χ1n) is 5.72. The van der Waals surface area contributed by atoms with E-state index in [0.717, 1.165) is 13.0 Å². The molecule has 0 unspecified atom stereocenters. The first-order valence-corrected chi connectivity index (χ1v) is 7.33. The van der Waals surface area contributed by atoms with Gasteiger partial charge in [-0.3, -0.25) is 0 Å².